The number of nitrogens with zero attached hydrogens (tertiary/aromatic N) is 2. The van der Waals surface area contributed by atoms with Crippen LogP contribution in [0.15, 0.2) is 18.2 Å². The van der Waals surface area contributed by atoms with Crippen molar-refractivity contribution in [3.8, 4) is 0 Å². The normalized spacial score (nSPS) is 10.2. The van der Waals surface area contributed by atoms with Crippen LogP contribution in [0.4, 0.5) is 10.1 Å². The average Bonchev–Trinajstić information content (AvgIpc) is 2.37. The van der Waals surface area contributed by atoms with E-state index >= 15 is 0 Å². The van der Waals surface area contributed by atoms with Crippen molar-refractivity contribution in [2.45, 2.75) is 13.3 Å². The second-order valence-corrected chi connectivity index (χ2v) is 4.75. The van der Waals surface area contributed by atoms with Crippen molar-refractivity contribution < 1.29 is 14.0 Å². The Morgan fingerprint density at radius 1 is 1.30 bits per heavy atom. The van der Waals surface area contributed by atoms with Gasteiger partial charge in [0.25, 0.3) is 5.91 Å². The van der Waals surface area contributed by atoms with Crippen molar-refractivity contribution in [3.05, 3.63) is 29.6 Å². The second kappa shape index (κ2) is 6.88. The van der Waals surface area contributed by atoms with Crippen molar-refractivity contribution >= 4 is 17.5 Å². The van der Waals surface area contributed by atoms with E-state index in [1.54, 1.807) is 14.1 Å². The average molecular weight is 281 g/mol. The fourth-order valence-electron chi connectivity index (χ4n) is 1.73. The number of hydrogen-bond donors (Lipinski definition) is 1. The number of rotatable bonds is 5. The summed E-state index contributed by atoms with van der Waals surface area (Å²) in [6, 6.07) is 3.63. The molecule has 0 saturated carbocycles. The highest BCUT2D eigenvalue weighted by atomic mass is 19.1. The molecule has 2 N–H and O–H groups in total. The first-order chi connectivity index (χ1) is 9.36. The van der Waals surface area contributed by atoms with Gasteiger partial charge in [-0.05, 0) is 24.6 Å². The fraction of sp³-hybridized carbons (Fsp3) is 0.429. The van der Waals surface area contributed by atoms with Gasteiger partial charge in [-0.15, -0.1) is 0 Å². The molecule has 110 valence electrons. The summed E-state index contributed by atoms with van der Waals surface area (Å²) in [6.07, 6.45) is 0.716. The zero-order valence-electron chi connectivity index (χ0n) is 12.0. The van der Waals surface area contributed by atoms with Crippen molar-refractivity contribution in [1.82, 2.24) is 9.80 Å². The lowest BCUT2D eigenvalue weighted by atomic mass is 10.1. The quantitative estimate of drug-likeness (QED) is 0.828. The number of benzene rings is 1. The number of carbonyl (C=O) groups is 2. The Morgan fingerprint density at radius 3 is 2.45 bits per heavy atom. The summed E-state index contributed by atoms with van der Waals surface area (Å²) in [5, 5.41) is 0. The molecule has 0 aromatic heterocycles. The maximum atomic E-state index is 13.0. The molecule has 1 aromatic rings. The number of carbonyl (C=O) groups excluding carboxylic acids is 2. The van der Waals surface area contributed by atoms with E-state index in [1.165, 1.54) is 21.9 Å². The van der Waals surface area contributed by atoms with Crippen molar-refractivity contribution in [2.24, 2.45) is 0 Å². The van der Waals surface area contributed by atoms with Gasteiger partial charge in [-0.2, -0.15) is 0 Å². The molecular formula is C14H20FN3O2. The van der Waals surface area contributed by atoms with Crippen LogP contribution in [-0.2, 0) is 4.79 Å². The van der Waals surface area contributed by atoms with Gasteiger partial charge < -0.3 is 15.5 Å². The van der Waals surface area contributed by atoms with E-state index in [0.717, 1.165) is 6.07 Å². The van der Waals surface area contributed by atoms with E-state index in [4.69, 9.17) is 5.73 Å². The number of nitrogen functional groups attached to an aromatic ring is 1. The van der Waals surface area contributed by atoms with E-state index in [-0.39, 0.29) is 29.6 Å². The Hall–Kier alpha value is -2.11. The third kappa shape index (κ3) is 3.94. The Balaban J connectivity index is 2.96. The van der Waals surface area contributed by atoms with Crippen LogP contribution < -0.4 is 5.73 Å². The molecule has 0 heterocycles. The van der Waals surface area contributed by atoms with Crippen LogP contribution in [0.3, 0.4) is 0 Å². The monoisotopic (exact) mass is 281 g/mol. The number of halogens is 1. The molecule has 5 nitrogen and oxygen atoms in total. The minimum atomic E-state index is -0.495. The first-order valence-electron chi connectivity index (χ1n) is 6.41. The maximum absolute atomic E-state index is 13.0. The molecule has 0 fully saturated rings. The van der Waals surface area contributed by atoms with Crippen LogP contribution in [0.5, 0.6) is 0 Å². The minimum absolute atomic E-state index is 0.0174. The lowest BCUT2D eigenvalue weighted by Gasteiger charge is -2.24. The zero-order chi connectivity index (χ0) is 15.3. The number of likely N-dealkylation sites (N-methyl/N-ethyl adjacent to an activating group) is 1. The minimum Gasteiger partial charge on any atom is -0.398 e. The van der Waals surface area contributed by atoms with Gasteiger partial charge in [-0.3, -0.25) is 9.59 Å². The summed E-state index contributed by atoms with van der Waals surface area (Å²) in [4.78, 5) is 27.0. The van der Waals surface area contributed by atoms with Gasteiger partial charge in [-0.1, -0.05) is 6.92 Å². The first-order valence-corrected chi connectivity index (χ1v) is 6.41. The van der Waals surface area contributed by atoms with Crippen LogP contribution in [0.25, 0.3) is 0 Å². The van der Waals surface area contributed by atoms with E-state index in [9.17, 15) is 14.0 Å². The molecule has 2 amide bonds. The summed E-state index contributed by atoms with van der Waals surface area (Å²) in [5.41, 5.74) is 5.96. The molecule has 6 heteroatoms. The van der Waals surface area contributed by atoms with Crippen molar-refractivity contribution in [3.63, 3.8) is 0 Å². The summed E-state index contributed by atoms with van der Waals surface area (Å²) >= 11 is 0. The number of nitrogens with two attached hydrogens (primary N) is 1. The lowest BCUT2D eigenvalue weighted by molar-refractivity contribution is -0.129. The topological polar surface area (TPSA) is 66.6 Å². The molecule has 0 atom stereocenters. The fourth-order valence-corrected chi connectivity index (χ4v) is 1.73. The first kappa shape index (κ1) is 15.9. The molecule has 20 heavy (non-hydrogen) atoms. The molecule has 1 rings (SSSR count). The number of amides is 2. The molecule has 0 bridgehead atoms. The largest absolute Gasteiger partial charge is 0.398 e. The predicted octanol–water partition coefficient (Wildman–Crippen LogP) is 1.35. The van der Waals surface area contributed by atoms with Crippen molar-refractivity contribution in [1.29, 1.82) is 0 Å². The van der Waals surface area contributed by atoms with E-state index < -0.39 is 5.82 Å². The van der Waals surface area contributed by atoms with E-state index in [1.807, 2.05) is 6.92 Å². The molecule has 0 unspecified atom stereocenters. The Labute approximate surface area is 118 Å². The van der Waals surface area contributed by atoms with Crippen LogP contribution >= 0.6 is 0 Å². The Morgan fingerprint density at radius 2 is 1.95 bits per heavy atom. The molecule has 0 saturated heterocycles. The molecule has 0 spiro atoms. The highest BCUT2D eigenvalue weighted by Crippen LogP contribution is 2.16. The smallest absolute Gasteiger partial charge is 0.256 e. The zero-order valence-corrected chi connectivity index (χ0v) is 12.0. The summed E-state index contributed by atoms with van der Waals surface area (Å²) in [6.45, 7) is 2.33. The van der Waals surface area contributed by atoms with Gasteiger partial charge in [0.1, 0.15) is 12.4 Å². The van der Waals surface area contributed by atoms with Gasteiger partial charge >= 0.3 is 0 Å². The number of hydrogen-bond acceptors (Lipinski definition) is 3. The predicted molar refractivity (Wildman–Crippen MR) is 75.7 cm³/mol. The third-order valence-electron chi connectivity index (χ3n) is 2.85. The van der Waals surface area contributed by atoms with Crippen LogP contribution in [-0.4, -0.2) is 48.8 Å². The van der Waals surface area contributed by atoms with Gasteiger partial charge in [0, 0.05) is 26.3 Å². The maximum Gasteiger partial charge on any atom is 0.256 e. The second-order valence-electron chi connectivity index (χ2n) is 4.75. The summed E-state index contributed by atoms with van der Waals surface area (Å²) in [7, 11) is 3.26. The van der Waals surface area contributed by atoms with Crippen molar-refractivity contribution in [2.75, 3.05) is 32.9 Å². The van der Waals surface area contributed by atoms with Gasteiger partial charge in [0.05, 0.1) is 5.56 Å². The van der Waals surface area contributed by atoms with Gasteiger partial charge in [0.2, 0.25) is 5.91 Å². The molecule has 0 aliphatic heterocycles. The van der Waals surface area contributed by atoms with E-state index in [2.05, 4.69) is 0 Å². The molecule has 0 aliphatic rings. The van der Waals surface area contributed by atoms with E-state index in [0.29, 0.717) is 13.0 Å². The Kier molecular flexibility index (Phi) is 5.49. The highest BCUT2D eigenvalue weighted by molar-refractivity contribution is 6.00. The van der Waals surface area contributed by atoms with Gasteiger partial charge in [0.15, 0.2) is 0 Å². The van der Waals surface area contributed by atoms with Crippen LogP contribution in [0.1, 0.15) is 23.7 Å². The SMILES string of the molecule is CCCN(CC(=O)N(C)C)C(=O)c1ccc(F)cc1N. The highest BCUT2D eigenvalue weighted by Gasteiger charge is 2.21. The Bertz CT molecular complexity index is 503. The summed E-state index contributed by atoms with van der Waals surface area (Å²) in [5.74, 6) is -1.03. The van der Waals surface area contributed by atoms with Gasteiger partial charge in [-0.25, -0.2) is 4.39 Å². The molecule has 0 aliphatic carbocycles. The third-order valence-corrected chi connectivity index (χ3v) is 2.85. The lowest BCUT2D eigenvalue weighted by Crippen LogP contribution is -2.40. The van der Waals surface area contributed by atoms with Crippen LogP contribution in [0, 0.1) is 5.82 Å². The summed E-state index contributed by atoms with van der Waals surface area (Å²) < 4.78 is 13.0. The molecular weight excluding hydrogens is 261 g/mol. The number of anilines is 1. The standard InChI is InChI=1S/C14H20FN3O2/c1-4-7-18(9-13(19)17(2)3)14(20)11-6-5-10(15)8-12(11)16/h5-6,8H,4,7,9,16H2,1-3H3. The molecule has 0 radical (unpaired) electrons. The molecule has 1 aromatic carbocycles. The van der Waals surface area contributed by atoms with Crippen LogP contribution in [0.2, 0.25) is 0 Å².